The second-order valence-electron chi connectivity index (χ2n) is 2.22. The van der Waals surface area contributed by atoms with Crippen LogP contribution in [0.2, 0.25) is 0 Å². The second kappa shape index (κ2) is 2.92. The van der Waals surface area contributed by atoms with E-state index in [1.165, 1.54) is 6.92 Å². The standard InChI is InChI=1S/C7H5F3N2/c1-3(2)7-11-5(9)4(8)6(10)12-7/h1H2,2H3. The van der Waals surface area contributed by atoms with Gasteiger partial charge in [-0.2, -0.15) is 23.1 Å². The Kier molecular flexibility index (Phi) is 2.12. The van der Waals surface area contributed by atoms with Gasteiger partial charge in [0.1, 0.15) is 0 Å². The first-order valence-corrected chi connectivity index (χ1v) is 3.06. The highest BCUT2D eigenvalue weighted by Gasteiger charge is 2.13. The number of nitrogens with zero attached hydrogens (tertiary/aromatic N) is 2. The second-order valence-corrected chi connectivity index (χ2v) is 2.22. The van der Waals surface area contributed by atoms with Crippen LogP contribution in [0.15, 0.2) is 6.58 Å². The molecule has 64 valence electrons. The number of hydrogen-bond acceptors (Lipinski definition) is 2. The highest BCUT2D eigenvalue weighted by Crippen LogP contribution is 2.10. The quantitative estimate of drug-likeness (QED) is 0.608. The molecule has 1 rings (SSSR count). The van der Waals surface area contributed by atoms with Gasteiger partial charge in [-0.1, -0.05) is 6.58 Å². The Labute approximate surface area is 66.8 Å². The van der Waals surface area contributed by atoms with Crippen LogP contribution < -0.4 is 0 Å². The minimum atomic E-state index is -1.67. The fraction of sp³-hybridized carbons (Fsp3) is 0.143. The number of aromatic nitrogens is 2. The predicted octanol–water partition coefficient (Wildman–Crippen LogP) is 1.93. The van der Waals surface area contributed by atoms with E-state index in [1.807, 2.05) is 0 Å². The van der Waals surface area contributed by atoms with E-state index in [4.69, 9.17) is 0 Å². The third-order valence-electron chi connectivity index (χ3n) is 1.15. The molecule has 12 heavy (non-hydrogen) atoms. The molecule has 1 aromatic rings. The van der Waals surface area contributed by atoms with Gasteiger partial charge in [-0.15, -0.1) is 0 Å². The first-order valence-electron chi connectivity index (χ1n) is 3.06. The van der Waals surface area contributed by atoms with Gasteiger partial charge in [0.05, 0.1) is 0 Å². The zero-order valence-corrected chi connectivity index (χ0v) is 6.24. The average molecular weight is 174 g/mol. The predicted molar refractivity (Wildman–Crippen MR) is 36.6 cm³/mol. The summed E-state index contributed by atoms with van der Waals surface area (Å²) in [6.45, 7) is 4.82. The van der Waals surface area contributed by atoms with Crippen LogP contribution in [-0.2, 0) is 0 Å². The lowest BCUT2D eigenvalue weighted by Gasteiger charge is -1.98. The summed E-state index contributed by atoms with van der Waals surface area (Å²) in [5.74, 6) is -4.90. The number of halogens is 3. The molecule has 0 amide bonds. The van der Waals surface area contributed by atoms with Crippen LogP contribution in [0.25, 0.3) is 5.57 Å². The summed E-state index contributed by atoms with van der Waals surface area (Å²) in [5.41, 5.74) is 0.271. The molecular formula is C7H5F3N2. The molecule has 2 nitrogen and oxygen atoms in total. The highest BCUT2D eigenvalue weighted by atomic mass is 19.2. The smallest absolute Gasteiger partial charge is 0.197 e. The van der Waals surface area contributed by atoms with Crippen LogP contribution in [-0.4, -0.2) is 9.97 Å². The molecule has 0 N–H and O–H groups in total. The van der Waals surface area contributed by atoms with Gasteiger partial charge in [0.2, 0.25) is 5.82 Å². The van der Waals surface area contributed by atoms with Gasteiger partial charge in [-0.25, -0.2) is 0 Å². The summed E-state index contributed by atoms with van der Waals surface area (Å²) in [6, 6.07) is 0. The molecule has 0 aliphatic heterocycles. The monoisotopic (exact) mass is 174 g/mol. The van der Waals surface area contributed by atoms with E-state index >= 15 is 0 Å². The van der Waals surface area contributed by atoms with Crippen molar-refractivity contribution in [3.63, 3.8) is 0 Å². The molecule has 0 aromatic carbocycles. The Morgan fingerprint density at radius 1 is 1.17 bits per heavy atom. The molecule has 0 aliphatic carbocycles. The van der Waals surface area contributed by atoms with Crippen molar-refractivity contribution in [1.29, 1.82) is 0 Å². The SMILES string of the molecule is C=C(C)c1nc(F)c(F)c(F)n1. The van der Waals surface area contributed by atoms with Crippen LogP contribution in [0.5, 0.6) is 0 Å². The maximum atomic E-state index is 12.4. The van der Waals surface area contributed by atoms with Crippen LogP contribution >= 0.6 is 0 Å². The lowest BCUT2D eigenvalue weighted by Crippen LogP contribution is -2.03. The first kappa shape index (κ1) is 8.70. The van der Waals surface area contributed by atoms with Crippen LogP contribution in [0.4, 0.5) is 13.2 Å². The number of allylic oxidation sites excluding steroid dienone is 1. The topological polar surface area (TPSA) is 25.8 Å². The molecule has 0 saturated carbocycles. The molecule has 0 unspecified atom stereocenters. The molecule has 0 atom stereocenters. The Balaban J connectivity index is 3.31. The van der Waals surface area contributed by atoms with Gasteiger partial charge in [0.15, 0.2) is 5.82 Å². The first-order chi connectivity index (χ1) is 5.52. The molecular weight excluding hydrogens is 169 g/mol. The van der Waals surface area contributed by atoms with Crippen LogP contribution in [0.1, 0.15) is 12.7 Å². The van der Waals surface area contributed by atoms with Gasteiger partial charge in [-0.05, 0) is 12.5 Å². The van der Waals surface area contributed by atoms with Crippen molar-refractivity contribution in [1.82, 2.24) is 9.97 Å². The Morgan fingerprint density at radius 2 is 1.58 bits per heavy atom. The molecule has 0 fully saturated rings. The van der Waals surface area contributed by atoms with Gasteiger partial charge in [0, 0.05) is 0 Å². The van der Waals surface area contributed by atoms with E-state index in [0.29, 0.717) is 0 Å². The molecule has 5 heteroatoms. The summed E-state index contributed by atoms with van der Waals surface area (Å²) < 4.78 is 37.1. The minimum absolute atomic E-state index is 0.230. The third kappa shape index (κ3) is 1.44. The molecule has 0 spiro atoms. The molecule has 1 aromatic heterocycles. The number of rotatable bonds is 1. The van der Waals surface area contributed by atoms with Crippen molar-refractivity contribution in [3.05, 3.63) is 30.1 Å². The van der Waals surface area contributed by atoms with Crippen molar-refractivity contribution in [3.8, 4) is 0 Å². The average Bonchev–Trinajstić information content (AvgIpc) is 1.99. The largest absolute Gasteiger partial charge is 0.255 e. The van der Waals surface area contributed by atoms with Crippen molar-refractivity contribution < 1.29 is 13.2 Å². The van der Waals surface area contributed by atoms with E-state index in [2.05, 4.69) is 16.5 Å². The van der Waals surface area contributed by atoms with Gasteiger partial charge >= 0.3 is 0 Å². The zero-order chi connectivity index (χ0) is 9.30. The summed E-state index contributed by atoms with van der Waals surface area (Å²) in [5, 5.41) is 0. The third-order valence-corrected chi connectivity index (χ3v) is 1.15. The number of hydrogen-bond donors (Lipinski definition) is 0. The lowest BCUT2D eigenvalue weighted by atomic mass is 10.3. The van der Waals surface area contributed by atoms with E-state index in [0.717, 1.165) is 0 Å². The summed E-state index contributed by atoms with van der Waals surface area (Å²) >= 11 is 0. The van der Waals surface area contributed by atoms with Crippen molar-refractivity contribution in [2.24, 2.45) is 0 Å². The van der Waals surface area contributed by atoms with Crippen molar-refractivity contribution in [2.45, 2.75) is 6.92 Å². The summed E-state index contributed by atoms with van der Waals surface area (Å²) in [7, 11) is 0. The van der Waals surface area contributed by atoms with Crippen LogP contribution in [0, 0.1) is 17.7 Å². The fourth-order valence-corrected chi connectivity index (χ4v) is 0.585. The van der Waals surface area contributed by atoms with Gasteiger partial charge < -0.3 is 0 Å². The molecule has 0 radical (unpaired) electrons. The molecule has 1 heterocycles. The molecule has 0 aliphatic rings. The normalized spacial score (nSPS) is 10.0. The minimum Gasteiger partial charge on any atom is -0.197 e. The molecule has 0 saturated heterocycles. The Bertz CT molecular complexity index is 312. The van der Waals surface area contributed by atoms with Crippen LogP contribution in [0.3, 0.4) is 0 Å². The molecule has 0 bridgehead atoms. The van der Waals surface area contributed by atoms with Gasteiger partial charge in [-0.3, -0.25) is 0 Å². The van der Waals surface area contributed by atoms with Crippen molar-refractivity contribution in [2.75, 3.05) is 0 Å². The Hall–Kier alpha value is -1.39. The zero-order valence-electron chi connectivity index (χ0n) is 6.24. The maximum Gasteiger partial charge on any atom is 0.255 e. The highest BCUT2D eigenvalue weighted by molar-refractivity contribution is 5.53. The Morgan fingerprint density at radius 3 is 1.92 bits per heavy atom. The summed E-state index contributed by atoms with van der Waals surface area (Å²) in [6.07, 6.45) is 0. The van der Waals surface area contributed by atoms with E-state index in [9.17, 15) is 13.2 Å². The fourth-order valence-electron chi connectivity index (χ4n) is 0.585. The maximum absolute atomic E-state index is 12.4. The summed E-state index contributed by atoms with van der Waals surface area (Å²) in [4.78, 5) is 6.08. The van der Waals surface area contributed by atoms with E-state index in [-0.39, 0.29) is 11.4 Å². The van der Waals surface area contributed by atoms with E-state index < -0.39 is 17.7 Å². The van der Waals surface area contributed by atoms with Gasteiger partial charge in [0.25, 0.3) is 11.9 Å². The lowest BCUT2D eigenvalue weighted by molar-refractivity contribution is 0.404. The van der Waals surface area contributed by atoms with E-state index in [1.54, 1.807) is 0 Å². The van der Waals surface area contributed by atoms with Crippen molar-refractivity contribution >= 4 is 5.57 Å².